The van der Waals surface area contributed by atoms with Crippen LogP contribution in [0.25, 0.3) is 11.1 Å². The highest BCUT2D eigenvalue weighted by Gasteiger charge is 2.19. The lowest BCUT2D eigenvalue weighted by molar-refractivity contribution is 0.100. The lowest BCUT2D eigenvalue weighted by Crippen LogP contribution is -2.10. The van der Waals surface area contributed by atoms with Crippen molar-refractivity contribution >= 4 is 17.2 Å². The summed E-state index contributed by atoms with van der Waals surface area (Å²) in [7, 11) is 0. The van der Waals surface area contributed by atoms with Crippen molar-refractivity contribution < 1.29 is 9.90 Å². The van der Waals surface area contributed by atoms with Gasteiger partial charge in [0.25, 0.3) is 5.91 Å². The third-order valence-corrected chi connectivity index (χ3v) is 4.05. The fraction of sp³-hybridized carbons (Fsp3) is 0.267. The van der Waals surface area contributed by atoms with Gasteiger partial charge in [-0.3, -0.25) is 4.79 Å². The Morgan fingerprint density at radius 2 is 2.05 bits per heavy atom. The molecule has 0 aliphatic rings. The van der Waals surface area contributed by atoms with Gasteiger partial charge in [-0.25, -0.2) is 0 Å². The molecule has 2 rings (SSSR count). The molecule has 0 radical (unpaired) electrons. The third kappa shape index (κ3) is 2.55. The van der Waals surface area contributed by atoms with Crippen molar-refractivity contribution in [3.05, 3.63) is 45.1 Å². The van der Waals surface area contributed by atoms with E-state index in [0.29, 0.717) is 4.88 Å². The minimum atomic E-state index is -0.589. The Morgan fingerprint density at radius 3 is 2.63 bits per heavy atom. The molecule has 2 aromatic rings. The van der Waals surface area contributed by atoms with Crippen LogP contribution >= 0.6 is 11.3 Å². The molecule has 0 fully saturated rings. The summed E-state index contributed by atoms with van der Waals surface area (Å²) in [5.74, 6) is -0.429. The van der Waals surface area contributed by atoms with Gasteiger partial charge in [-0.15, -0.1) is 11.3 Å². The number of carbonyl (C=O) groups excluding carboxylic acids is 1. The second-order valence-corrected chi connectivity index (χ2v) is 5.67. The molecule has 0 saturated carbocycles. The Balaban J connectivity index is 2.74. The van der Waals surface area contributed by atoms with E-state index in [1.807, 2.05) is 37.4 Å². The number of carbonyl (C=O) groups is 1. The molecule has 0 bridgehead atoms. The molecule has 100 valence electrons. The molecule has 1 atom stereocenters. The maximum Gasteiger partial charge on any atom is 0.259 e. The van der Waals surface area contributed by atoms with E-state index < -0.39 is 12.0 Å². The topological polar surface area (TPSA) is 63.3 Å². The van der Waals surface area contributed by atoms with E-state index in [1.165, 1.54) is 11.3 Å². The average Bonchev–Trinajstić information content (AvgIpc) is 2.76. The van der Waals surface area contributed by atoms with Gasteiger partial charge in [-0.05, 0) is 48.9 Å². The van der Waals surface area contributed by atoms with Crippen molar-refractivity contribution in [2.75, 3.05) is 0 Å². The van der Waals surface area contributed by atoms with Crippen molar-refractivity contribution in [1.29, 1.82) is 0 Å². The molecule has 1 unspecified atom stereocenters. The Bertz CT molecular complexity index is 629. The highest BCUT2D eigenvalue weighted by atomic mass is 32.1. The van der Waals surface area contributed by atoms with Gasteiger partial charge in [-0.2, -0.15) is 0 Å². The van der Waals surface area contributed by atoms with E-state index in [0.717, 1.165) is 27.8 Å². The highest BCUT2D eigenvalue weighted by molar-refractivity contribution is 7.12. The fourth-order valence-corrected chi connectivity index (χ4v) is 3.15. The maximum absolute atomic E-state index is 11.5. The lowest BCUT2D eigenvalue weighted by atomic mass is 9.91. The number of primary amides is 1. The maximum atomic E-state index is 11.5. The molecular formula is C15H17NO2S. The number of amides is 1. The minimum Gasteiger partial charge on any atom is -0.389 e. The first-order chi connectivity index (χ1) is 8.91. The van der Waals surface area contributed by atoms with Crippen molar-refractivity contribution in [3.63, 3.8) is 0 Å². The molecular weight excluding hydrogens is 258 g/mol. The summed E-state index contributed by atoms with van der Waals surface area (Å²) in [5, 5.41) is 11.8. The van der Waals surface area contributed by atoms with Crippen molar-refractivity contribution in [2.45, 2.75) is 26.9 Å². The summed E-state index contributed by atoms with van der Waals surface area (Å²) in [6.07, 6.45) is -0.589. The predicted molar refractivity (Wildman–Crippen MR) is 78.4 cm³/mol. The first kappa shape index (κ1) is 13.8. The molecule has 19 heavy (non-hydrogen) atoms. The average molecular weight is 275 g/mol. The van der Waals surface area contributed by atoms with Gasteiger partial charge in [0.2, 0.25) is 0 Å². The summed E-state index contributed by atoms with van der Waals surface area (Å²) in [6.45, 7) is 5.70. The van der Waals surface area contributed by atoms with Crippen LogP contribution in [-0.2, 0) is 0 Å². The Morgan fingerprint density at radius 1 is 1.37 bits per heavy atom. The van der Waals surface area contributed by atoms with Crippen LogP contribution in [0.3, 0.4) is 0 Å². The van der Waals surface area contributed by atoms with Crippen LogP contribution in [0, 0.1) is 13.8 Å². The number of aliphatic hydroxyl groups excluding tert-OH is 1. The fourth-order valence-electron chi connectivity index (χ4n) is 2.39. The molecule has 0 spiro atoms. The molecule has 4 heteroatoms. The van der Waals surface area contributed by atoms with Crippen LogP contribution in [0.2, 0.25) is 0 Å². The SMILES string of the molecule is Cc1cc(C)c(-c2ccsc2C(N)=O)c(C(C)O)c1. The third-order valence-electron chi connectivity index (χ3n) is 3.12. The first-order valence-corrected chi connectivity index (χ1v) is 6.96. The standard InChI is InChI=1S/C15H17NO2S/c1-8-6-9(2)13(12(7-8)10(3)17)11-4-5-19-14(11)15(16)18/h4-7,10,17H,1-3H3,(H2,16,18). The van der Waals surface area contributed by atoms with Gasteiger partial charge >= 0.3 is 0 Å². The van der Waals surface area contributed by atoms with Crippen molar-refractivity contribution in [1.82, 2.24) is 0 Å². The molecule has 0 saturated heterocycles. The summed E-state index contributed by atoms with van der Waals surface area (Å²) in [6, 6.07) is 5.88. The zero-order chi connectivity index (χ0) is 14.2. The quantitative estimate of drug-likeness (QED) is 0.903. The summed E-state index contributed by atoms with van der Waals surface area (Å²) < 4.78 is 0. The van der Waals surface area contributed by atoms with E-state index in [1.54, 1.807) is 6.92 Å². The van der Waals surface area contributed by atoms with E-state index in [2.05, 4.69) is 0 Å². The second kappa shape index (κ2) is 5.15. The van der Waals surface area contributed by atoms with Gasteiger partial charge < -0.3 is 10.8 Å². The van der Waals surface area contributed by atoms with Crippen LogP contribution < -0.4 is 5.73 Å². The highest BCUT2D eigenvalue weighted by Crippen LogP contribution is 2.36. The normalized spacial score (nSPS) is 12.4. The zero-order valence-corrected chi connectivity index (χ0v) is 12.0. The van der Waals surface area contributed by atoms with Crippen molar-refractivity contribution in [2.24, 2.45) is 5.73 Å². The van der Waals surface area contributed by atoms with Gasteiger partial charge in [0.1, 0.15) is 0 Å². The molecule has 3 N–H and O–H groups in total. The molecule has 1 aromatic heterocycles. The number of hydrogen-bond donors (Lipinski definition) is 2. The van der Waals surface area contributed by atoms with Gasteiger partial charge in [0.05, 0.1) is 11.0 Å². The van der Waals surface area contributed by atoms with E-state index in [9.17, 15) is 9.90 Å². The predicted octanol–water partition coefficient (Wildman–Crippen LogP) is 3.18. The van der Waals surface area contributed by atoms with Crippen LogP contribution in [-0.4, -0.2) is 11.0 Å². The Kier molecular flexibility index (Phi) is 3.73. The summed E-state index contributed by atoms with van der Waals surface area (Å²) >= 11 is 1.33. The number of benzene rings is 1. The molecule has 1 amide bonds. The van der Waals surface area contributed by atoms with Gasteiger partial charge in [0, 0.05) is 5.56 Å². The second-order valence-electron chi connectivity index (χ2n) is 4.75. The number of nitrogens with two attached hydrogens (primary N) is 1. The van der Waals surface area contributed by atoms with Gasteiger partial charge in [-0.1, -0.05) is 17.7 Å². The largest absolute Gasteiger partial charge is 0.389 e. The van der Waals surface area contributed by atoms with E-state index >= 15 is 0 Å². The molecule has 1 heterocycles. The number of thiophene rings is 1. The van der Waals surface area contributed by atoms with Crippen molar-refractivity contribution in [3.8, 4) is 11.1 Å². The van der Waals surface area contributed by atoms with Crippen LogP contribution in [0.15, 0.2) is 23.6 Å². The molecule has 1 aromatic carbocycles. The van der Waals surface area contributed by atoms with E-state index in [4.69, 9.17) is 5.73 Å². The van der Waals surface area contributed by atoms with Gasteiger partial charge in [0.15, 0.2) is 0 Å². The number of aryl methyl sites for hydroxylation is 2. The summed E-state index contributed by atoms with van der Waals surface area (Å²) in [4.78, 5) is 12.0. The Hall–Kier alpha value is -1.65. The van der Waals surface area contributed by atoms with Crippen LogP contribution in [0.5, 0.6) is 0 Å². The first-order valence-electron chi connectivity index (χ1n) is 6.08. The summed E-state index contributed by atoms with van der Waals surface area (Å²) in [5.41, 5.74) is 10.1. The molecule has 0 aliphatic carbocycles. The molecule has 0 aliphatic heterocycles. The van der Waals surface area contributed by atoms with E-state index in [-0.39, 0.29) is 0 Å². The van der Waals surface area contributed by atoms with Crippen LogP contribution in [0.4, 0.5) is 0 Å². The van der Waals surface area contributed by atoms with Crippen LogP contribution in [0.1, 0.15) is 39.4 Å². The molecule has 3 nitrogen and oxygen atoms in total. The monoisotopic (exact) mass is 275 g/mol. The number of aliphatic hydroxyl groups is 1. The number of hydrogen-bond acceptors (Lipinski definition) is 3. The number of rotatable bonds is 3. The zero-order valence-electron chi connectivity index (χ0n) is 11.2. The smallest absolute Gasteiger partial charge is 0.259 e. The minimum absolute atomic E-state index is 0.429. The Labute approximate surface area is 116 Å². The lowest BCUT2D eigenvalue weighted by Gasteiger charge is -2.16.